The van der Waals surface area contributed by atoms with E-state index in [0.29, 0.717) is 22.3 Å². The Labute approximate surface area is 148 Å². The fraction of sp³-hybridized carbons (Fsp3) is 0.333. The van der Waals surface area contributed by atoms with Gasteiger partial charge in [-0.1, -0.05) is 22.9 Å². The van der Waals surface area contributed by atoms with Crippen molar-refractivity contribution < 1.29 is 9.59 Å². The Kier molecular flexibility index (Phi) is 4.96. The lowest BCUT2D eigenvalue weighted by Crippen LogP contribution is -2.37. The SMILES string of the molecule is CNC(=O)N1CCC[C@H]1c1nnc(C(=O)Nc2ccc(Cl)cc2)s1. The zero-order valence-corrected chi connectivity index (χ0v) is 14.5. The lowest BCUT2D eigenvalue weighted by molar-refractivity contribution is 0.102. The fourth-order valence-corrected chi connectivity index (χ4v) is 3.60. The number of urea groups is 1. The highest BCUT2D eigenvalue weighted by Crippen LogP contribution is 2.33. The number of amides is 3. The topological polar surface area (TPSA) is 87.2 Å². The van der Waals surface area contributed by atoms with Gasteiger partial charge in [0.25, 0.3) is 5.91 Å². The highest BCUT2D eigenvalue weighted by molar-refractivity contribution is 7.13. The van der Waals surface area contributed by atoms with Crippen molar-refractivity contribution in [3.63, 3.8) is 0 Å². The Morgan fingerprint density at radius 2 is 2.04 bits per heavy atom. The lowest BCUT2D eigenvalue weighted by atomic mass is 10.2. The van der Waals surface area contributed by atoms with E-state index in [4.69, 9.17) is 11.6 Å². The van der Waals surface area contributed by atoms with Crippen LogP contribution in [-0.2, 0) is 0 Å². The van der Waals surface area contributed by atoms with Gasteiger partial charge in [-0.25, -0.2) is 4.79 Å². The predicted molar refractivity (Wildman–Crippen MR) is 92.5 cm³/mol. The average molecular weight is 366 g/mol. The summed E-state index contributed by atoms with van der Waals surface area (Å²) in [5, 5.41) is 15.0. The molecule has 7 nitrogen and oxygen atoms in total. The third kappa shape index (κ3) is 3.49. The first-order chi connectivity index (χ1) is 11.6. The number of nitrogens with one attached hydrogen (secondary N) is 2. The van der Waals surface area contributed by atoms with Crippen molar-refractivity contribution in [2.45, 2.75) is 18.9 Å². The van der Waals surface area contributed by atoms with Crippen LogP contribution in [0.3, 0.4) is 0 Å². The number of hydrogen-bond acceptors (Lipinski definition) is 5. The molecule has 126 valence electrons. The Hall–Kier alpha value is -2.19. The molecule has 0 aliphatic carbocycles. The van der Waals surface area contributed by atoms with Gasteiger partial charge in [0.1, 0.15) is 5.01 Å². The molecule has 1 aromatic carbocycles. The van der Waals surface area contributed by atoms with Crippen LogP contribution < -0.4 is 10.6 Å². The second-order valence-corrected chi connectivity index (χ2v) is 6.76. The second kappa shape index (κ2) is 7.14. The molecule has 9 heteroatoms. The van der Waals surface area contributed by atoms with Gasteiger partial charge >= 0.3 is 6.03 Å². The van der Waals surface area contributed by atoms with Crippen molar-refractivity contribution in [3.05, 3.63) is 39.3 Å². The molecule has 1 fully saturated rings. The smallest absolute Gasteiger partial charge is 0.317 e. The number of likely N-dealkylation sites (tertiary alicyclic amines) is 1. The lowest BCUT2D eigenvalue weighted by Gasteiger charge is -2.21. The minimum absolute atomic E-state index is 0.125. The average Bonchev–Trinajstić information content (AvgIpc) is 3.24. The van der Waals surface area contributed by atoms with Crippen LogP contribution in [0.15, 0.2) is 24.3 Å². The van der Waals surface area contributed by atoms with Crippen molar-refractivity contribution in [2.24, 2.45) is 0 Å². The second-order valence-electron chi connectivity index (χ2n) is 5.31. The van der Waals surface area contributed by atoms with Crippen molar-refractivity contribution in [3.8, 4) is 0 Å². The van der Waals surface area contributed by atoms with Gasteiger partial charge < -0.3 is 15.5 Å². The van der Waals surface area contributed by atoms with Crippen molar-refractivity contribution in [2.75, 3.05) is 18.9 Å². The molecule has 24 heavy (non-hydrogen) atoms. The van der Waals surface area contributed by atoms with E-state index in [1.54, 1.807) is 36.2 Å². The molecule has 2 heterocycles. The molecule has 0 spiro atoms. The maximum absolute atomic E-state index is 12.3. The van der Waals surface area contributed by atoms with Gasteiger partial charge in [0.2, 0.25) is 5.01 Å². The van der Waals surface area contributed by atoms with Gasteiger partial charge in [0.15, 0.2) is 0 Å². The first-order valence-corrected chi connectivity index (χ1v) is 8.66. The number of rotatable bonds is 3. The molecule has 0 unspecified atom stereocenters. The molecule has 1 aliphatic rings. The van der Waals surface area contributed by atoms with Crippen LogP contribution in [0.5, 0.6) is 0 Å². The zero-order chi connectivity index (χ0) is 17.1. The summed E-state index contributed by atoms with van der Waals surface area (Å²) < 4.78 is 0. The van der Waals surface area contributed by atoms with Gasteiger partial charge in [-0.2, -0.15) is 0 Å². The van der Waals surface area contributed by atoms with E-state index in [9.17, 15) is 9.59 Å². The van der Waals surface area contributed by atoms with Gasteiger partial charge in [-0.3, -0.25) is 4.79 Å². The minimum atomic E-state index is -0.328. The summed E-state index contributed by atoms with van der Waals surface area (Å²) in [5.74, 6) is -0.328. The monoisotopic (exact) mass is 365 g/mol. The number of halogens is 1. The van der Waals surface area contributed by atoms with Gasteiger partial charge in [0, 0.05) is 24.3 Å². The molecule has 0 bridgehead atoms. The van der Waals surface area contributed by atoms with Crippen molar-refractivity contribution in [1.29, 1.82) is 0 Å². The fourth-order valence-electron chi connectivity index (χ4n) is 2.59. The maximum atomic E-state index is 12.3. The van der Waals surface area contributed by atoms with Crippen molar-refractivity contribution >= 4 is 40.6 Å². The summed E-state index contributed by atoms with van der Waals surface area (Å²) in [6, 6.07) is 6.56. The van der Waals surface area contributed by atoms with E-state index in [-0.39, 0.29) is 23.0 Å². The summed E-state index contributed by atoms with van der Waals surface area (Å²) in [4.78, 5) is 25.9. The van der Waals surface area contributed by atoms with E-state index >= 15 is 0 Å². The summed E-state index contributed by atoms with van der Waals surface area (Å²) in [5.41, 5.74) is 0.633. The van der Waals surface area contributed by atoms with E-state index in [2.05, 4.69) is 20.8 Å². The number of carbonyl (C=O) groups is 2. The molecule has 1 atom stereocenters. The highest BCUT2D eigenvalue weighted by atomic mass is 35.5. The largest absolute Gasteiger partial charge is 0.341 e. The van der Waals surface area contributed by atoms with Gasteiger partial charge in [0.05, 0.1) is 6.04 Å². The Bertz CT molecular complexity index is 749. The summed E-state index contributed by atoms with van der Waals surface area (Å²) in [7, 11) is 1.60. The van der Waals surface area contributed by atoms with Crippen LogP contribution in [0.4, 0.5) is 10.5 Å². The molecule has 1 saturated heterocycles. The number of aromatic nitrogens is 2. The number of anilines is 1. The van der Waals surface area contributed by atoms with Crippen LogP contribution in [0.1, 0.15) is 33.7 Å². The van der Waals surface area contributed by atoms with Crippen LogP contribution >= 0.6 is 22.9 Å². The van der Waals surface area contributed by atoms with Crippen LogP contribution in [-0.4, -0.2) is 40.6 Å². The van der Waals surface area contributed by atoms with E-state index < -0.39 is 0 Å². The van der Waals surface area contributed by atoms with Gasteiger partial charge in [-0.05, 0) is 37.1 Å². The molecule has 2 N–H and O–H groups in total. The first kappa shape index (κ1) is 16.7. The Balaban J connectivity index is 1.71. The van der Waals surface area contributed by atoms with Crippen LogP contribution in [0, 0.1) is 0 Å². The zero-order valence-electron chi connectivity index (χ0n) is 13.0. The number of nitrogens with zero attached hydrogens (tertiary/aromatic N) is 3. The Morgan fingerprint density at radius 3 is 2.75 bits per heavy atom. The van der Waals surface area contributed by atoms with Crippen LogP contribution in [0.2, 0.25) is 5.02 Å². The number of hydrogen-bond donors (Lipinski definition) is 2. The summed E-state index contributed by atoms with van der Waals surface area (Å²) in [6.07, 6.45) is 1.73. The third-order valence-corrected chi connectivity index (χ3v) is 5.02. The molecule has 3 amide bonds. The van der Waals surface area contributed by atoms with E-state index in [0.717, 1.165) is 12.8 Å². The highest BCUT2D eigenvalue weighted by Gasteiger charge is 2.32. The third-order valence-electron chi connectivity index (χ3n) is 3.75. The first-order valence-electron chi connectivity index (χ1n) is 7.47. The number of benzene rings is 1. The van der Waals surface area contributed by atoms with Gasteiger partial charge in [-0.15, -0.1) is 10.2 Å². The van der Waals surface area contributed by atoms with E-state index in [1.165, 1.54) is 11.3 Å². The molecule has 0 saturated carbocycles. The number of carbonyl (C=O) groups excluding carboxylic acids is 2. The summed E-state index contributed by atoms with van der Waals surface area (Å²) in [6.45, 7) is 0.677. The quantitative estimate of drug-likeness (QED) is 0.875. The van der Waals surface area contributed by atoms with E-state index in [1.807, 2.05) is 0 Å². The molecule has 1 aliphatic heterocycles. The maximum Gasteiger partial charge on any atom is 0.317 e. The van der Waals surface area contributed by atoms with Crippen LogP contribution in [0.25, 0.3) is 0 Å². The Morgan fingerprint density at radius 1 is 1.29 bits per heavy atom. The predicted octanol–water partition coefficient (Wildman–Crippen LogP) is 2.92. The summed E-state index contributed by atoms with van der Waals surface area (Å²) >= 11 is 7.03. The standard InChI is InChI=1S/C15H16ClN5O2S/c1-17-15(23)21-8-2-3-11(21)13-19-20-14(24-13)12(22)18-10-6-4-9(16)5-7-10/h4-7,11H,2-3,8H2,1H3,(H,17,23)(H,18,22)/t11-/m0/s1. The van der Waals surface area contributed by atoms with Crippen molar-refractivity contribution in [1.82, 2.24) is 20.4 Å². The molecule has 0 radical (unpaired) electrons. The molecular formula is C15H16ClN5O2S. The molecule has 2 aromatic rings. The molecular weight excluding hydrogens is 350 g/mol. The minimum Gasteiger partial charge on any atom is -0.341 e. The molecule has 3 rings (SSSR count). The normalized spacial score (nSPS) is 16.9. The molecule has 1 aromatic heterocycles.